The molecule has 0 saturated heterocycles. The summed E-state index contributed by atoms with van der Waals surface area (Å²) in [6.07, 6.45) is 0.712. The van der Waals surface area contributed by atoms with E-state index in [1.54, 1.807) is 13.2 Å². The van der Waals surface area contributed by atoms with E-state index in [-0.39, 0.29) is 0 Å². The summed E-state index contributed by atoms with van der Waals surface area (Å²) < 4.78 is 11.0. The Bertz CT molecular complexity index is 956. The minimum atomic E-state index is -1.28. The third-order valence-electron chi connectivity index (χ3n) is 4.49. The second kappa shape index (κ2) is 6.75. The van der Waals surface area contributed by atoms with Crippen molar-refractivity contribution in [3.8, 4) is 11.5 Å². The Balaban J connectivity index is 1.92. The topological polar surface area (TPSA) is 71.5 Å². The highest BCUT2D eigenvalue weighted by molar-refractivity contribution is 5.86. The number of carboxylic acids is 1. The molecule has 0 saturated carbocycles. The lowest BCUT2D eigenvalue weighted by atomic mass is 10.0. The molecule has 0 aliphatic rings. The summed E-state index contributed by atoms with van der Waals surface area (Å²) in [6, 6.07) is 13.5. The van der Waals surface area contributed by atoms with E-state index >= 15 is 0 Å². The number of fused-ring (bicyclic) bond motifs is 1. The van der Waals surface area contributed by atoms with Crippen LogP contribution in [-0.4, -0.2) is 28.8 Å². The van der Waals surface area contributed by atoms with Gasteiger partial charge in [-0.1, -0.05) is 12.1 Å². The van der Waals surface area contributed by atoms with Crippen molar-refractivity contribution in [2.45, 2.75) is 32.8 Å². The number of aryl methyl sites for hydroxylation is 1. The van der Waals surface area contributed by atoms with Gasteiger partial charge in [-0.2, -0.15) is 0 Å². The number of hydrogen-bond donors (Lipinski definition) is 2. The van der Waals surface area contributed by atoms with Gasteiger partial charge in [-0.15, -0.1) is 0 Å². The molecule has 1 heterocycles. The Morgan fingerprint density at radius 3 is 2.62 bits per heavy atom. The average Bonchev–Trinajstić information content (AvgIpc) is 2.89. The lowest BCUT2D eigenvalue weighted by Crippen LogP contribution is -2.37. The highest BCUT2D eigenvalue weighted by Gasteiger charge is 2.29. The highest BCUT2D eigenvalue weighted by atomic mass is 16.5. The molecule has 0 aliphatic carbocycles. The summed E-state index contributed by atoms with van der Waals surface area (Å²) >= 11 is 0. The van der Waals surface area contributed by atoms with E-state index in [0.717, 1.165) is 27.9 Å². The quantitative estimate of drug-likeness (QED) is 0.692. The number of hydrogen-bond acceptors (Lipinski definition) is 3. The van der Waals surface area contributed by atoms with Gasteiger partial charge in [0.1, 0.15) is 11.5 Å². The number of H-pyrrole nitrogens is 1. The van der Waals surface area contributed by atoms with Crippen molar-refractivity contribution in [1.29, 1.82) is 0 Å². The number of benzene rings is 2. The summed E-state index contributed by atoms with van der Waals surface area (Å²) in [6.45, 7) is 5.13. The largest absolute Gasteiger partial charge is 0.497 e. The summed E-state index contributed by atoms with van der Waals surface area (Å²) in [5.74, 6) is 0.366. The fourth-order valence-corrected chi connectivity index (χ4v) is 2.98. The molecule has 0 spiro atoms. The molecule has 5 heteroatoms. The maximum Gasteiger partial charge on any atom is 0.347 e. The number of ether oxygens (including phenoxy) is 2. The summed E-state index contributed by atoms with van der Waals surface area (Å²) in [4.78, 5) is 14.7. The molecule has 2 aromatic carbocycles. The second-order valence-electron chi connectivity index (χ2n) is 6.88. The van der Waals surface area contributed by atoms with Gasteiger partial charge < -0.3 is 19.6 Å². The smallest absolute Gasteiger partial charge is 0.347 e. The van der Waals surface area contributed by atoms with Gasteiger partial charge in [0.05, 0.1) is 7.11 Å². The Morgan fingerprint density at radius 2 is 1.92 bits per heavy atom. The number of nitrogens with one attached hydrogen (secondary N) is 1. The molecule has 0 bridgehead atoms. The van der Waals surface area contributed by atoms with E-state index in [0.29, 0.717) is 12.2 Å². The maximum atomic E-state index is 11.3. The summed E-state index contributed by atoms with van der Waals surface area (Å²) in [5.41, 5.74) is 3.13. The van der Waals surface area contributed by atoms with E-state index in [2.05, 4.69) is 11.9 Å². The van der Waals surface area contributed by atoms with Crippen molar-refractivity contribution >= 4 is 16.9 Å². The molecule has 3 aromatic rings. The van der Waals surface area contributed by atoms with Crippen LogP contribution in [0.2, 0.25) is 0 Å². The number of rotatable bonds is 6. The van der Waals surface area contributed by atoms with Gasteiger partial charge >= 0.3 is 5.97 Å². The standard InChI is InChI=1S/C21H23NO4/c1-13-17(18-12-15(25-4)8-9-19(18)22-13)11-14-6-5-7-16(10-14)26-21(2,3)20(23)24/h5-10,12,22H,11H2,1-4H3,(H,23,24). The van der Waals surface area contributed by atoms with Crippen molar-refractivity contribution in [2.24, 2.45) is 0 Å². The van der Waals surface area contributed by atoms with E-state index in [1.807, 2.05) is 36.4 Å². The molecule has 0 aliphatic heterocycles. The Labute approximate surface area is 152 Å². The first kappa shape index (κ1) is 17.9. The van der Waals surface area contributed by atoms with Crippen molar-refractivity contribution < 1.29 is 19.4 Å². The van der Waals surface area contributed by atoms with Gasteiger partial charge in [0.15, 0.2) is 5.60 Å². The number of aliphatic carboxylic acids is 1. The zero-order valence-corrected chi connectivity index (χ0v) is 15.4. The lowest BCUT2D eigenvalue weighted by Gasteiger charge is -2.21. The van der Waals surface area contributed by atoms with Crippen molar-refractivity contribution in [3.63, 3.8) is 0 Å². The van der Waals surface area contributed by atoms with Crippen molar-refractivity contribution in [3.05, 3.63) is 59.3 Å². The molecule has 3 rings (SSSR count). The third-order valence-corrected chi connectivity index (χ3v) is 4.49. The number of methoxy groups -OCH3 is 1. The predicted molar refractivity (Wildman–Crippen MR) is 101 cm³/mol. The number of carboxylic acid groups (broad SMARTS) is 1. The van der Waals surface area contributed by atoms with Gasteiger partial charge in [-0.3, -0.25) is 0 Å². The molecule has 0 atom stereocenters. The predicted octanol–water partition coefficient (Wildman–Crippen LogP) is 4.32. The fourth-order valence-electron chi connectivity index (χ4n) is 2.98. The highest BCUT2D eigenvalue weighted by Crippen LogP contribution is 2.29. The lowest BCUT2D eigenvalue weighted by molar-refractivity contribution is -0.152. The van der Waals surface area contributed by atoms with Gasteiger partial charge in [-0.25, -0.2) is 4.79 Å². The first-order valence-electron chi connectivity index (χ1n) is 8.46. The van der Waals surface area contributed by atoms with Gasteiger partial charge in [-0.05, 0) is 68.7 Å². The zero-order chi connectivity index (χ0) is 18.9. The molecule has 26 heavy (non-hydrogen) atoms. The van der Waals surface area contributed by atoms with Crippen LogP contribution in [0.4, 0.5) is 0 Å². The van der Waals surface area contributed by atoms with Crippen LogP contribution in [0, 0.1) is 6.92 Å². The van der Waals surface area contributed by atoms with Crippen LogP contribution >= 0.6 is 0 Å². The van der Waals surface area contributed by atoms with Crippen LogP contribution < -0.4 is 9.47 Å². The summed E-state index contributed by atoms with van der Waals surface area (Å²) in [5, 5.41) is 10.4. The van der Waals surface area contributed by atoms with E-state index in [4.69, 9.17) is 9.47 Å². The first-order chi connectivity index (χ1) is 12.3. The van der Waals surface area contributed by atoms with Crippen LogP contribution in [0.15, 0.2) is 42.5 Å². The minimum Gasteiger partial charge on any atom is -0.497 e. The molecule has 5 nitrogen and oxygen atoms in total. The van der Waals surface area contributed by atoms with Gasteiger partial charge in [0, 0.05) is 16.6 Å². The zero-order valence-electron chi connectivity index (χ0n) is 15.4. The van der Waals surface area contributed by atoms with E-state index in [9.17, 15) is 9.90 Å². The van der Waals surface area contributed by atoms with Crippen molar-refractivity contribution in [1.82, 2.24) is 4.98 Å². The molecule has 1 aromatic heterocycles. The summed E-state index contributed by atoms with van der Waals surface area (Å²) in [7, 11) is 1.66. The Kier molecular flexibility index (Phi) is 4.64. The van der Waals surface area contributed by atoms with Crippen LogP contribution in [0.25, 0.3) is 10.9 Å². The fraction of sp³-hybridized carbons (Fsp3) is 0.286. The third kappa shape index (κ3) is 3.52. The molecule has 0 fully saturated rings. The monoisotopic (exact) mass is 353 g/mol. The molecule has 0 amide bonds. The van der Waals surface area contributed by atoms with Crippen LogP contribution in [0.5, 0.6) is 11.5 Å². The molecule has 0 unspecified atom stereocenters. The SMILES string of the molecule is COc1ccc2[nH]c(C)c(Cc3cccc(OC(C)(C)C(=O)O)c3)c2c1. The molecular formula is C21H23NO4. The molecule has 2 N–H and O–H groups in total. The molecule has 0 radical (unpaired) electrons. The average molecular weight is 353 g/mol. The number of carbonyl (C=O) groups is 1. The number of aromatic amines is 1. The van der Waals surface area contributed by atoms with E-state index in [1.165, 1.54) is 19.4 Å². The molecular weight excluding hydrogens is 330 g/mol. The van der Waals surface area contributed by atoms with Gasteiger partial charge in [0.2, 0.25) is 0 Å². The maximum absolute atomic E-state index is 11.3. The molecule has 136 valence electrons. The van der Waals surface area contributed by atoms with Crippen molar-refractivity contribution in [2.75, 3.05) is 7.11 Å². The second-order valence-corrected chi connectivity index (χ2v) is 6.88. The van der Waals surface area contributed by atoms with Crippen LogP contribution in [0.1, 0.15) is 30.7 Å². The van der Waals surface area contributed by atoms with Crippen LogP contribution in [0.3, 0.4) is 0 Å². The Morgan fingerprint density at radius 1 is 1.15 bits per heavy atom. The van der Waals surface area contributed by atoms with Crippen LogP contribution in [-0.2, 0) is 11.2 Å². The number of aromatic nitrogens is 1. The minimum absolute atomic E-state index is 0.546. The Hall–Kier alpha value is -2.95. The van der Waals surface area contributed by atoms with E-state index < -0.39 is 11.6 Å². The first-order valence-corrected chi connectivity index (χ1v) is 8.46. The normalized spacial score (nSPS) is 11.5. The van der Waals surface area contributed by atoms with Gasteiger partial charge in [0.25, 0.3) is 0 Å².